The van der Waals surface area contributed by atoms with Gasteiger partial charge < -0.3 is 18.9 Å². The van der Waals surface area contributed by atoms with Crippen molar-refractivity contribution in [1.82, 2.24) is 4.90 Å². The molecule has 1 saturated heterocycles. The van der Waals surface area contributed by atoms with Gasteiger partial charge in [-0.15, -0.1) is 0 Å². The largest absolute Gasteiger partial charge is 0.493 e. The van der Waals surface area contributed by atoms with Crippen LogP contribution < -0.4 is 18.9 Å². The second-order valence-corrected chi connectivity index (χ2v) is 10.2. The monoisotopic (exact) mass is 547 g/mol. The molecule has 0 bridgehead atoms. The first-order valence-electron chi connectivity index (χ1n) is 12.3. The van der Waals surface area contributed by atoms with Crippen LogP contribution in [0.2, 0.25) is 10.0 Å². The first-order valence-corrected chi connectivity index (χ1v) is 13.1. The molecule has 0 atom stereocenters. The SMILES string of the molecule is CCN1CC(=Cc2cc(Cl)c(OC(C)C)c(OC)c2)C(=O)C(=Cc2cc(Cl)c(OC(C)C)c(OC)c2)C1. The van der Waals surface area contributed by atoms with E-state index < -0.39 is 0 Å². The second kappa shape index (κ2) is 12.7. The molecule has 3 rings (SSSR count). The van der Waals surface area contributed by atoms with Crippen LogP contribution in [0.3, 0.4) is 0 Å². The number of carbonyl (C=O) groups is 1. The molecule has 200 valence electrons. The number of methoxy groups -OCH3 is 2. The van der Waals surface area contributed by atoms with E-state index in [9.17, 15) is 4.79 Å². The first kappa shape index (κ1) is 28.9. The summed E-state index contributed by atoms with van der Waals surface area (Å²) in [6.45, 7) is 11.6. The van der Waals surface area contributed by atoms with E-state index in [1.165, 1.54) is 0 Å². The van der Waals surface area contributed by atoms with Crippen LogP contribution >= 0.6 is 23.2 Å². The van der Waals surface area contributed by atoms with Gasteiger partial charge in [0.25, 0.3) is 0 Å². The number of hydrogen-bond donors (Lipinski definition) is 0. The van der Waals surface area contributed by atoms with Crippen LogP contribution in [0.4, 0.5) is 0 Å². The molecule has 0 aromatic heterocycles. The first-order chi connectivity index (χ1) is 17.6. The Bertz CT molecular complexity index is 1110. The Labute approximate surface area is 229 Å². The highest BCUT2D eigenvalue weighted by molar-refractivity contribution is 6.33. The molecular weight excluding hydrogens is 513 g/mol. The van der Waals surface area contributed by atoms with Crippen molar-refractivity contribution in [2.75, 3.05) is 33.9 Å². The smallest absolute Gasteiger partial charge is 0.187 e. The third kappa shape index (κ3) is 7.22. The molecule has 0 amide bonds. The van der Waals surface area contributed by atoms with E-state index in [0.29, 0.717) is 57.3 Å². The lowest BCUT2D eigenvalue weighted by Gasteiger charge is -2.28. The van der Waals surface area contributed by atoms with Gasteiger partial charge in [0.05, 0.1) is 36.5 Å². The normalized spacial score (nSPS) is 16.7. The van der Waals surface area contributed by atoms with Crippen LogP contribution in [0, 0.1) is 0 Å². The molecular formula is C29H35Cl2NO5. The summed E-state index contributed by atoms with van der Waals surface area (Å²) in [5.41, 5.74) is 2.85. The van der Waals surface area contributed by atoms with Crippen LogP contribution in [-0.4, -0.2) is 56.7 Å². The lowest BCUT2D eigenvalue weighted by molar-refractivity contribution is -0.113. The Morgan fingerprint density at radius 3 is 1.54 bits per heavy atom. The number of benzene rings is 2. The highest BCUT2D eigenvalue weighted by Gasteiger charge is 2.26. The Morgan fingerprint density at radius 1 is 0.811 bits per heavy atom. The van der Waals surface area contributed by atoms with E-state index in [-0.39, 0.29) is 18.0 Å². The molecule has 0 radical (unpaired) electrons. The number of piperidine rings is 1. The van der Waals surface area contributed by atoms with Crippen molar-refractivity contribution in [3.8, 4) is 23.0 Å². The molecule has 1 aliphatic rings. The quantitative estimate of drug-likeness (QED) is 0.316. The molecule has 2 aromatic carbocycles. The fraction of sp³-hybridized carbons (Fsp3) is 0.414. The molecule has 0 N–H and O–H groups in total. The number of likely N-dealkylation sites (N-methyl/N-ethyl adjacent to an activating group) is 1. The number of carbonyl (C=O) groups excluding carboxylic acids is 1. The fourth-order valence-electron chi connectivity index (χ4n) is 4.08. The van der Waals surface area contributed by atoms with Crippen LogP contribution in [0.15, 0.2) is 35.4 Å². The lowest BCUT2D eigenvalue weighted by Crippen LogP contribution is -2.37. The molecule has 1 aliphatic heterocycles. The van der Waals surface area contributed by atoms with Gasteiger partial charge in [-0.25, -0.2) is 0 Å². The van der Waals surface area contributed by atoms with Gasteiger partial charge >= 0.3 is 0 Å². The predicted molar refractivity (Wildman–Crippen MR) is 151 cm³/mol. The zero-order chi connectivity index (χ0) is 27.3. The zero-order valence-electron chi connectivity index (χ0n) is 22.5. The number of rotatable bonds is 9. The van der Waals surface area contributed by atoms with Gasteiger partial charge in [-0.2, -0.15) is 0 Å². The summed E-state index contributed by atoms with van der Waals surface area (Å²) < 4.78 is 22.7. The Hall–Kier alpha value is -2.67. The number of likely N-dealkylation sites (tertiary alicyclic amines) is 1. The van der Waals surface area contributed by atoms with E-state index >= 15 is 0 Å². The summed E-state index contributed by atoms with van der Waals surface area (Å²) in [4.78, 5) is 15.8. The zero-order valence-corrected chi connectivity index (χ0v) is 24.0. The highest BCUT2D eigenvalue weighted by atomic mass is 35.5. The van der Waals surface area contributed by atoms with Crippen molar-refractivity contribution in [2.45, 2.75) is 46.8 Å². The average molecular weight is 549 g/mol. The molecule has 0 aliphatic carbocycles. The van der Waals surface area contributed by atoms with Crippen molar-refractivity contribution in [1.29, 1.82) is 0 Å². The lowest BCUT2D eigenvalue weighted by atomic mass is 9.94. The van der Waals surface area contributed by atoms with Crippen LogP contribution in [0.25, 0.3) is 12.2 Å². The molecule has 0 unspecified atom stereocenters. The standard InChI is InChI=1S/C29H35Cl2NO5/c1-8-32-15-21(9-19-11-23(30)28(36-17(2)3)25(13-19)34-6)27(33)22(16-32)10-20-12-24(31)29(37-18(4)5)26(14-20)35-7/h9-14,17-18H,8,15-16H2,1-7H3. The molecule has 6 nitrogen and oxygen atoms in total. The van der Waals surface area contributed by atoms with E-state index in [1.807, 2.05) is 52.0 Å². The minimum Gasteiger partial charge on any atom is -0.493 e. The second-order valence-electron chi connectivity index (χ2n) is 9.37. The van der Waals surface area contributed by atoms with Crippen molar-refractivity contribution in [2.24, 2.45) is 0 Å². The van der Waals surface area contributed by atoms with Gasteiger partial charge in [0.15, 0.2) is 28.8 Å². The topological polar surface area (TPSA) is 57.2 Å². The third-order valence-corrected chi connectivity index (χ3v) is 6.27. The predicted octanol–water partition coefficient (Wildman–Crippen LogP) is 6.96. The van der Waals surface area contributed by atoms with Gasteiger partial charge in [-0.3, -0.25) is 9.69 Å². The van der Waals surface area contributed by atoms with E-state index in [2.05, 4.69) is 11.8 Å². The van der Waals surface area contributed by atoms with Gasteiger partial charge in [-0.05, 0) is 81.8 Å². The van der Waals surface area contributed by atoms with Crippen molar-refractivity contribution >= 4 is 41.1 Å². The summed E-state index contributed by atoms with van der Waals surface area (Å²) in [5.74, 6) is 1.99. The molecule has 2 aromatic rings. The van der Waals surface area contributed by atoms with Crippen LogP contribution in [0.5, 0.6) is 23.0 Å². The maximum Gasteiger partial charge on any atom is 0.187 e. The molecule has 0 spiro atoms. The summed E-state index contributed by atoms with van der Waals surface area (Å²) >= 11 is 13.0. The maximum absolute atomic E-state index is 13.6. The van der Waals surface area contributed by atoms with Gasteiger partial charge in [0.2, 0.25) is 0 Å². The van der Waals surface area contributed by atoms with E-state index in [4.69, 9.17) is 42.1 Å². The van der Waals surface area contributed by atoms with Gasteiger partial charge in [-0.1, -0.05) is 30.1 Å². The van der Waals surface area contributed by atoms with Crippen molar-refractivity contribution in [3.63, 3.8) is 0 Å². The number of hydrogen-bond acceptors (Lipinski definition) is 6. The average Bonchev–Trinajstić information content (AvgIpc) is 2.83. The molecule has 0 saturated carbocycles. The van der Waals surface area contributed by atoms with Gasteiger partial charge in [0, 0.05) is 24.2 Å². The number of nitrogens with zero attached hydrogens (tertiary/aromatic N) is 1. The summed E-state index contributed by atoms with van der Waals surface area (Å²) in [6.07, 6.45) is 3.61. The van der Waals surface area contributed by atoms with Gasteiger partial charge in [0.1, 0.15) is 0 Å². The van der Waals surface area contributed by atoms with Crippen LogP contribution in [-0.2, 0) is 4.79 Å². The maximum atomic E-state index is 13.6. The Balaban J connectivity index is 2.01. The number of halogens is 2. The third-order valence-electron chi connectivity index (χ3n) is 5.71. The van der Waals surface area contributed by atoms with E-state index in [0.717, 1.165) is 17.7 Å². The molecule has 1 fully saturated rings. The molecule has 1 heterocycles. The molecule has 37 heavy (non-hydrogen) atoms. The summed E-state index contributed by atoms with van der Waals surface area (Å²) in [5, 5.41) is 0.855. The van der Waals surface area contributed by atoms with Crippen molar-refractivity contribution < 1.29 is 23.7 Å². The Kier molecular flexibility index (Phi) is 9.93. The van der Waals surface area contributed by atoms with Crippen LogP contribution in [0.1, 0.15) is 45.7 Å². The fourth-order valence-corrected chi connectivity index (χ4v) is 4.61. The number of Topliss-reactive ketones (excluding diaryl/α,β-unsaturated/α-hetero) is 1. The number of ether oxygens (including phenoxy) is 4. The summed E-state index contributed by atoms with van der Waals surface area (Å²) in [6, 6.07) is 7.23. The minimum atomic E-state index is -0.0561. The Morgan fingerprint density at radius 2 is 1.22 bits per heavy atom. The molecule has 8 heteroatoms. The number of ketones is 1. The van der Waals surface area contributed by atoms with Crippen molar-refractivity contribution in [3.05, 3.63) is 56.6 Å². The minimum absolute atomic E-state index is 0.0279. The highest BCUT2D eigenvalue weighted by Crippen LogP contribution is 2.39. The van der Waals surface area contributed by atoms with E-state index in [1.54, 1.807) is 26.4 Å². The summed E-state index contributed by atoms with van der Waals surface area (Å²) in [7, 11) is 3.14.